The van der Waals surface area contributed by atoms with Crippen LogP contribution in [0.1, 0.15) is 52.4 Å². The van der Waals surface area contributed by atoms with Gasteiger partial charge < -0.3 is 9.47 Å². The van der Waals surface area contributed by atoms with E-state index in [0.29, 0.717) is 11.6 Å². The third-order valence-corrected chi connectivity index (χ3v) is 6.61. The molecule has 0 N–H and O–H groups in total. The van der Waals surface area contributed by atoms with Crippen molar-refractivity contribution >= 4 is 11.6 Å². The number of ether oxygens (including phenoxy) is 2. The van der Waals surface area contributed by atoms with Crippen molar-refractivity contribution in [2.75, 3.05) is 6.79 Å². The third kappa shape index (κ3) is 3.15. The second-order valence-electron chi connectivity index (χ2n) is 8.75. The highest BCUT2D eigenvalue weighted by atomic mass is 16.7. The second kappa shape index (κ2) is 6.17. The van der Waals surface area contributed by atoms with E-state index in [1.54, 1.807) is 0 Å². The molecule has 4 bridgehead atoms. The van der Waals surface area contributed by atoms with Gasteiger partial charge in [-0.15, -0.1) is 0 Å². The molecular weight excluding hydrogens is 316 g/mol. The van der Waals surface area contributed by atoms with Crippen molar-refractivity contribution in [1.29, 1.82) is 0 Å². The summed E-state index contributed by atoms with van der Waals surface area (Å²) in [6.45, 7) is 4.34. The summed E-state index contributed by atoms with van der Waals surface area (Å²) >= 11 is 0. The lowest BCUT2D eigenvalue weighted by atomic mass is 9.68. The van der Waals surface area contributed by atoms with Gasteiger partial charge in [-0.2, -0.15) is 0 Å². The smallest absolute Gasteiger partial charge is 0.148 e. The molecule has 0 saturated heterocycles. The molecule has 0 aromatic heterocycles. The first-order chi connectivity index (χ1) is 11.9. The molecule has 0 aliphatic heterocycles. The summed E-state index contributed by atoms with van der Waals surface area (Å²) in [6, 6.07) is 0. The van der Waals surface area contributed by atoms with Gasteiger partial charge in [0.15, 0.2) is 0 Å². The Balaban J connectivity index is 1.38. The molecule has 0 aromatic carbocycles. The average Bonchev–Trinajstić information content (AvgIpc) is 2.55. The van der Waals surface area contributed by atoms with E-state index in [1.165, 1.54) is 0 Å². The van der Waals surface area contributed by atoms with Crippen LogP contribution in [0.15, 0.2) is 24.3 Å². The molecule has 6 unspecified atom stereocenters. The Kier molecular flexibility index (Phi) is 4.24. The maximum Gasteiger partial charge on any atom is 0.148 e. The highest BCUT2D eigenvalue weighted by Crippen LogP contribution is 2.44. The number of fused-ring (bicyclic) bond motifs is 4. The maximum atomic E-state index is 12.2. The molecule has 25 heavy (non-hydrogen) atoms. The normalized spacial score (nSPS) is 45.7. The van der Waals surface area contributed by atoms with Gasteiger partial charge in [-0.3, -0.25) is 9.59 Å². The van der Waals surface area contributed by atoms with Gasteiger partial charge in [0.05, 0.1) is 11.2 Å². The van der Waals surface area contributed by atoms with Gasteiger partial charge in [-0.25, -0.2) is 0 Å². The maximum absolute atomic E-state index is 12.2. The molecule has 2 saturated carbocycles. The number of allylic oxidation sites excluding steroid dienone is 3. The third-order valence-electron chi connectivity index (χ3n) is 6.61. The van der Waals surface area contributed by atoms with E-state index in [0.717, 1.165) is 38.5 Å². The zero-order valence-corrected chi connectivity index (χ0v) is 15.2. The van der Waals surface area contributed by atoms with Crippen LogP contribution in [0, 0.1) is 23.7 Å². The Morgan fingerprint density at radius 3 is 2.56 bits per heavy atom. The summed E-state index contributed by atoms with van der Waals surface area (Å²) in [5, 5.41) is 0. The van der Waals surface area contributed by atoms with Crippen molar-refractivity contribution in [3.63, 3.8) is 0 Å². The molecule has 0 radical (unpaired) electrons. The Hall–Kier alpha value is -1.26. The summed E-state index contributed by atoms with van der Waals surface area (Å²) in [6.07, 6.45) is 13.1. The molecule has 4 heteroatoms. The van der Waals surface area contributed by atoms with Crippen LogP contribution in [0.25, 0.3) is 0 Å². The van der Waals surface area contributed by atoms with Gasteiger partial charge in [0.2, 0.25) is 0 Å². The molecule has 4 nitrogen and oxygen atoms in total. The Morgan fingerprint density at radius 2 is 1.76 bits per heavy atom. The summed E-state index contributed by atoms with van der Waals surface area (Å²) in [4.78, 5) is 24.5. The predicted molar refractivity (Wildman–Crippen MR) is 93.8 cm³/mol. The number of hydrogen-bond acceptors (Lipinski definition) is 4. The number of hydrogen-bond donors (Lipinski definition) is 0. The Morgan fingerprint density at radius 1 is 1.00 bits per heavy atom. The largest absolute Gasteiger partial charge is 0.349 e. The van der Waals surface area contributed by atoms with Crippen LogP contribution in [0.4, 0.5) is 0 Å². The predicted octanol–water partition coefficient (Wildman–Crippen LogP) is 3.60. The van der Waals surface area contributed by atoms with Crippen LogP contribution >= 0.6 is 0 Å². The van der Waals surface area contributed by atoms with Crippen LogP contribution < -0.4 is 0 Å². The summed E-state index contributed by atoms with van der Waals surface area (Å²) < 4.78 is 12.4. The van der Waals surface area contributed by atoms with E-state index < -0.39 is 0 Å². The highest BCUT2D eigenvalue weighted by molar-refractivity contribution is 5.87. The lowest BCUT2D eigenvalue weighted by Crippen LogP contribution is -2.48. The molecular formula is C21H28O4. The monoisotopic (exact) mass is 344 g/mol. The fraction of sp³-hybridized carbons (Fsp3) is 0.714. The first kappa shape index (κ1) is 17.2. The quantitative estimate of drug-likeness (QED) is 0.577. The summed E-state index contributed by atoms with van der Waals surface area (Å²) in [5.74, 6) is 1.000. The van der Waals surface area contributed by atoms with Crippen LogP contribution in [0.2, 0.25) is 0 Å². The number of carbonyl (C=O) groups excluding carboxylic acids is 2. The van der Waals surface area contributed by atoms with Crippen LogP contribution in [0.5, 0.6) is 0 Å². The lowest BCUT2D eigenvalue weighted by Gasteiger charge is -2.45. The summed E-state index contributed by atoms with van der Waals surface area (Å²) in [7, 11) is 0. The SMILES string of the molecule is CC1CC2(OCOC3(C)CC4C=CCC(C3)C4=O)C=CCC(C2)C1=O. The van der Waals surface area contributed by atoms with Gasteiger partial charge in [-0.1, -0.05) is 31.2 Å². The van der Waals surface area contributed by atoms with Gasteiger partial charge in [-0.05, 0) is 45.4 Å². The fourth-order valence-electron chi connectivity index (χ4n) is 5.32. The minimum atomic E-state index is -0.354. The average molecular weight is 344 g/mol. The number of rotatable bonds is 4. The number of Topliss-reactive ketones (excluding diaryl/α,β-unsaturated/α-hetero) is 2. The molecule has 0 amide bonds. The summed E-state index contributed by atoms with van der Waals surface area (Å²) in [5.41, 5.74) is -0.661. The minimum absolute atomic E-state index is 0.00180. The van der Waals surface area contributed by atoms with Crippen LogP contribution in [0.3, 0.4) is 0 Å². The van der Waals surface area contributed by atoms with Crippen molar-refractivity contribution in [1.82, 2.24) is 0 Å². The number of ketones is 2. The molecule has 4 rings (SSSR count). The van der Waals surface area contributed by atoms with Gasteiger partial charge >= 0.3 is 0 Å². The van der Waals surface area contributed by atoms with Crippen molar-refractivity contribution in [2.45, 2.75) is 63.6 Å². The first-order valence-electron chi connectivity index (χ1n) is 9.59. The minimum Gasteiger partial charge on any atom is -0.349 e. The van der Waals surface area contributed by atoms with E-state index in [-0.39, 0.29) is 41.7 Å². The lowest BCUT2D eigenvalue weighted by molar-refractivity contribution is -0.204. The zero-order chi connectivity index (χ0) is 17.7. The molecule has 4 aliphatic rings. The molecule has 0 spiro atoms. The molecule has 136 valence electrons. The van der Waals surface area contributed by atoms with E-state index in [1.807, 2.05) is 13.0 Å². The van der Waals surface area contributed by atoms with Crippen molar-refractivity contribution in [2.24, 2.45) is 23.7 Å². The van der Waals surface area contributed by atoms with E-state index in [2.05, 4.69) is 25.2 Å². The van der Waals surface area contributed by atoms with Gasteiger partial charge in [0.1, 0.15) is 18.4 Å². The second-order valence-corrected chi connectivity index (χ2v) is 8.75. The van der Waals surface area contributed by atoms with Crippen molar-refractivity contribution < 1.29 is 19.1 Å². The molecule has 0 aromatic rings. The van der Waals surface area contributed by atoms with E-state index in [4.69, 9.17) is 9.47 Å². The molecule has 2 fully saturated rings. The molecule has 6 atom stereocenters. The number of carbonyl (C=O) groups is 2. The van der Waals surface area contributed by atoms with Crippen LogP contribution in [-0.2, 0) is 19.1 Å². The van der Waals surface area contributed by atoms with E-state index >= 15 is 0 Å². The zero-order valence-electron chi connectivity index (χ0n) is 15.2. The highest BCUT2D eigenvalue weighted by Gasteiger charge is 2.46. The fourth-order valence-corrected chi connectivity index (χ4v) is 5.32. The molecule has 0 heterocycles. The van der Waals surface area contributed by atoms with E-state index in [9.17, 15) is 9.59 Å². The van der Waals surface area contributed by atoms with Crippen molar-refractivity contribution in [3.05, 3.63) is 24.3 Å². The Bertz CT molecular complexity index is 636. The first-order valence-corrected chi connectivity index (χ1v) is 9.59. The standard InChI is InChI=1S/C21H28O4/c1-14-9-21(8-4-7-17(12-21)18(14)22)25-13-24-20(2)10-15-5-3-6-16(11-20)19(15)23/h3-5,8,14-17H,6-7,9-13H2,1-2H3. The van der Waals surface area contributed by atoms with Crippen LogP contribution in [-0.4, -0.2) is 29.6 Å². The van der Waals surface area contributed by atoms with Gasteiger partial charge in [0.25, 0.3) is 0 Å². The topological polar surface area (TPSA) is 52.6 Å². The van der Waals surface area contributed by atoms with Gasteiger partial charge in [0, 0.05) is 23.7 Å². The van der Waals surface area contributed by atoms with Crippen molar-refractivity contribution in [3.8, 4) is 0 Å². The Labute approximate surface area is 149 Å². The molecule has 4 aliphatic carbocycles.